The summed E-state index contributed by atoms with van der Waals surface area (Å²) >= 11 is 0. The molecule has 0 radical (unpaired) electrons. The molecule has 0 fully saturated rings. The van der Waals surface area contributed by atoms with E-state index >= 15 is 0 Å². The van der Waals surface area contributed by atoms with Crippen LogP contribution in [0.2, 0.25) is 0 Å². The minimum absolute atomic E-state index is 0.225. The number of hydrogen-bond acceptors (Lipinski definition) is 5. The van der Waals surface area contributed by atoms with Gasteiger partial charge in [0.1, 0.15) is 6.04 Å². The first-order valence-corrected chi connectivity index (χ1v) is 10.0. The van der Waals surface area contributed by atoms with Gasteiger partial charge in [0.05, 0.1) is 6.61 Å². The zero-order valence-corrected chi connectivity index (χ0v) is 16.7. The molecule has 2 heterocycles. The van der Waals surface area contributed by atoms with Crippen LogP contribution in [0.25, 0.3) is 0 Å². The van der Waals surface area contributed by atoms with Crippen molar-refractivity contribution >= 4 is 17.8 Å². The van der Waals surface area contributed by atoms with Gasteiger partial charge < -0.3 is 9.64 Å². The van der Waals surface area contributed by atoms with Crippen LogP contribution in [0.5, 0.6) is 0 Å². The highest BCUT2D eigenvalue weighted by Crippen LogP contribution is 2.32. The smallest absolute Gasteiger partial charge is 0.321 e. The summed E-state index contributed by atoms with van der Waals surface area (Å²) in [6.45, 7) is 5.41. The van der Waals surface area contributed by atoms with Gasteiger partial charge in [-0.15, -0.1) is 0 Å². The summed E-state index contributed by atoms with van der Waals surface area (Å²) < 4.78 is 5.17. The van der Waals surface area contributed by atoms with Crippen LogP contribution in [-0.4, -0.2) is 35.9 Å². The maximum Gasteiger partial charge on any atom is 0.321 e. The molecule has 6 heteroatoms. The van der Waals surface area contributed by atoms with Crippen molar-refractivity contribution in [3.63, 3.8) is 0 Å². The maximum atomic E-state index is 12.9. The fraction of sp³-hybridized carbons (Fsp3) is 0.348. The molecule has 0 aromatic heterocycles. The number of aryl methyl sites for hydroxylation is 1. The van der Waals surface area contributed by atoms with E-state index in [0.717, 1.165) is 24.1 Å². The van der Waals surface area contributed by atoms with Gasteiger partial charge in [-0.05, 0) is 37.0 Å². The number of hydrogen-bond donors (Lipinski definition) is 1. The average Bonchev–Trinajstić information content (AvgIpc) is 2.73. The third-order valence-corrected chi connectivity index (χ3v) is 5.48. The number of benzene rings is 2. The van der Waals surface area contributed by atoms with Gasteiger partial charge >= 0.3 is 5.97 Å². The Labute approximate surface area is 170 Å². The number of amides is 1. The molecule has 4 rings (SSSR count). The summed E-state index contributed by atoms with van der Waals surface area (Å²) in [4.78, 5) is 32.4. The number of fused-ring (bicyclic) bond motifs is 1. The molecular weight excluding hydrogens is 366 g/mol. The number of carbonyl (C=O) groups is 2. The van der Waals surface area contributed by atoms with Crippen molar-refractivity contribution in [3.05, 3.63) is 70.8 Å². The van der Waals surface area contributed by atoms with Crippen molar-refractivity contribution in [1.29, 1.82) is 0 Å². The number of ether oxygens (including phenoxy) is 1. The van der Waals surface area contributed by atoms with Crippen LogP contribution in [0.3, 0.4) is 0 Å². The summed E-state index contributed by atoms with van der Waals surface area (Å²) in [5, 5.41) is 2.85. The number of esters is 1. The lowest BCUT2D eigenvalue weighted by molar-refractivity contribution is -0.153. The summed E-state index contributed by atoms with van der Waals surface area (Å²) in [5.74, 6) is -1.37. The molecule has 150 valence electrons. The third-order valence-electron chi connectivity index (χ3n) is 5.48. The van der Waals surface area contributed by atoms with Gasteiger partial charge in [-0.2, -0.15) is 0 Å². The van der Waals surface area contributed by atoms with E-state index in [1.165, 1.54) is 11.1 Å². The van der Waals surface area contributed by atoms with Crippen LogP contribution in [-0.2, 0) is 27.3 Å². The van der Waals surface area contributed by atoms with Crippen molar-refractivity contribution < 1.29 is 14.3 Å². The minimum Gasteiger partial charge on any atom is -0.465 e. The van der Waals surface area contributed by atoms with E-state index in [1.54, 1.807) is 6.92 Å². The van der Waals surface area contributed by atoms with Crippen LogP contribution < -0.4 is 5.32 Å². The summed E-state index contributed by atoms with van der Waals surface area (Å²) in [7, 11) is 0. The molecule has 1 amide bonds. The lowest BCUT2D eigenvalue weighted by Gasteiger charge is -2.36. The molecule has 0 bridgehead atoms. The molecule has 2 aromatic rings. The Morgan fingerprint density at radius 1 is 1.17 bits per heavy atom. The van der Waals surface area contributed by atoms with Crippen LogP contribution >= 0.6 is 0 Å². The van der Waals surface area contributed by atoms with Gasteiger partial charge in [0.2, 0.25) is 11.9 Å². The molecule has 0 saturated heterocycles. The highest BCUT2D eigenvalue weighted by atomic mass is 16.5. The molecule has 2 aromatic carbocycles. The zero-order chi connectivity index (χ0) is 20.4. The molecule has 2 aliphatic heterocycles. The first kappa shape index (κ1) is 19.2. The van der Waals surface area contributed by atoms with Crippen molar-refractivity contribution in [2.24, 2.45) is 10.9 Å². The normalized spacial score (nSPS) is 21.1. The SMILES string of the molecule is CCOC(=O)C1C(=O)NC(N2CCc3ccccc3C2)=NC1c1ccc(C)cc1. The molecule has 6 nitrogen and oxygen atoms in total. The topological polar surface area (TPSA) is 71.0 Å². The first-order valence-electron chi connectivity index (χ1n) is 10.0. The van der Waals surface area contributed by atoms with Crippen molar-refractivity contribution in [1.82, 2.24) is 10.2 Å². The van der Waals surface area contributed by atoms with Gasteiger partial charge in [-0.3, -0.25) is 14.9 Å². The van der Waals surface area contributed by atoms with Gasteiger partial charge in [-0.1, -0.05) is 54.1 Å². The van der Waals surface area contributed by atoms with Crippen LogP contribution in [0.1, 0.15) is 35.2 Å². The average molecular weight is 391 g/mol. The van der Waals surface area contributed by atoms with Gasteiger partial charge in [-0.25, -0.2) is 4.99 Å². The van der Waals surface area contributed by atoms with Crippen LogP contribution in [0.4, 0.5) is 0 Å². The van der Waals surface area contributed by atoms with Crippen molar-refractivity contribution in [2.75, 3.05) is 13.2 Å². The highest BCUT2D eigenvalue weighted by molar-refractivity contribution is 6.08. The lowest BCUT2D eigenvalue weighted by atomic mass is 9.91. The van der Waals surface area contributed by atoms with E-state index in [1.807, 2.05) is 43.3 Å². The van der Waals surface area contributed by atoms with Crippen molar-refractivity contribution in [3.8, 4) is 0 Å². The number of aliphatic imine (C=N–C) groups is 1. The monoisotopic (exact) mass is 391 g/mol. The van der Waals surface area contributed by atoms with E-state index < -0.39 is 17.9 Å². The molecule has 2 atom stereocenters. The number of carbonyl (C=O) groups excluding carboxylic acids is 2. The zero-order valence-electron chi connectivity index (χ0n) is 16.7. The minimum atomic E-state index is -0.988. The van der Waals surface area contributed by atoms with E-state index in [9.17, 15) is 9.59 Å². The van der Waals surface area contributed by atoms with E-state index in [4.69, 9.17) is 9.73 Å². The predicted octanol–water partition coefficient (Wildman–Crippen LogP) is 2.76. The predicted molar refractivity (Wildman–Crippen MR) is 110 cm³/mol. The largest absolute Gasteiger partial charge is 0.465 e. The van der Waals surface area contributed by atoms with Crippen LogP contribution in [0, 0.1) is 12.8 Å². The quantitative estimate of drug-likeness (QED) is 0.645. The molecule has 29 heavy (non-hydrogen) atoms. The first-order chi connectivity index (χ1) is 14.1. The summed E-state index contributed by atoms with van der Waals surface area (Å²) in [6.07, 6.45) is 0.890. The second-order valence-electron chi connectivity index (χ2n) is 7.47. The molecule has 0 spiro atoms. The molecule has 0 aliphatic carbocycles. The maximum absolute atomic E-state index is 12.9. The standard InChI is InChI=1S/C23H25N3O3/c1-3-29-22(28)19-20(17-10-8-15(2)9-11-17)24-23(25-21(19)27)26-13-12-16-6-4-5-7-18(16)14-26/h4-11,19-20H,3,12-14H2,1-2H3,(H,24,25,27). The summed E-state index contributed by atoms with van der Waals surface area (Å²) in [6, 6.07) is 15.5. The fourth-order valence-electron chi connectivity index (χ4n) is 3.91. The van der Waals surface area contributed by atoms with E-state index in [-0.39, 0.29) is 12.5 Å². The summed E-state index contributed by atoms with van der Waals surface area (Å²) in [5.41, 5.74) is 4.50. The Morgan fingerprint density at radius 2 is 1.90 bits per heavy atom. The van der Waals surface area contributed by atoms with E-state index in [0.29, 0.717) is 12.5 Å². The van der Waals surface area contributed by atoms with Crippen LogP contribution in [0.15, 0.2) is 53.5 Å². The second kappa shape index (κ2) is 8.07. The van der Waals surface area contributed by atoms with Crippen molar-refractivity contribution in [2.45, 2.75) is 32.9 Å². The molecule has 2 unspecified atom stereocenters. The fourth-order valence-corrected chi connectivity index (χ4v) is 3.91. The number of guanidine groups is 1. The lowest BCUT2D eigenvalue weighted by Crippen LogP contribution is -2.53. The molecule has 1 N–H and O–H groups in total. The molecular formula is C23H25N3O3. The number of nitrogens with one attached hydrogen (secondary N) is 1. The Kier molecular flexibility index (Phi) is 5.34. The van der Waals surface area contributed by atoms with Gasteiger partial charge in [0.15, 0.2) is 5.92 Å². The number of nitrogens with zero attached hydrogens (tertiary/aromatic N) is 2. The Morgan fingerprint density at radius 3 is 2.62 bits per heavy atom. The molecule has 0 saturated carbocycles. The van der Waals surface area contributed by atoms with E-state index in [2.05, 4.69) is 22.3 Å². The Hall–Kier alpha value is -3.15. The van der Waals surface area contributed by atoms with Gasteiger partial charge in [0.25, 0.3) is 0 Å². The third kappa shape index (κ3) is 3.88. The second-order valence-corrected chi connectivity index (χ2v) is 7.47. The Balaban J connectivity index is 1.68. The van der Waals surface area contributed by atoms with Gasteiger partial charge in [0, 0.05) is 13.1 Å². The number of rotatable bonds is 3. The Bertz CT molecular complexity index is 952. The molecule has 2 aliphatic rings. The highest BCUT2D eigenvalue weighted by Gasteiger charge is 2.42.